The van der Waals surface area contributed by atoms with Crippen LogP contribution in [0.15, 0.2) is 53.3 Å². The number of rotatable bonds is 4. The molecule has 2 aromatic heterocycles. The van der Waals surface area contributed by atoms with Gasteiger partial charge in [0.1, 0.15) is 5.52 Å². The van der Waals surface area contributed by atoms with Crippen molar-refractivity contribution >= 4 is 34.4 Å². The van der Waals surface area contributed by atoms with Crippen LogP contribution in [0, 0.1) is 10.1 Å². The lowest BCUT2D eigenvalue weighted by Gasteiger charge is -2.07. The molecule has 2 heterocycles. The van der Waals surface area contributed by atoms with Crippen molar-refractivity contribution in [1.82, 2.24) is 19.5 Å². The summed E-state index contributed by atoms with van der Waals surface area (Å²) in [5.41, 5.74) is 5.63. The first-order chi connectivity index (χ1) is 13.8. The summed E-state index contributed by atoms with van der Waals surface area (Å²) in [6, 6.07) is 12.0. The quantitative estimate of drug-likeness (QED) is 0.389. The summed E-state index contributed by atoms with van der Waals surface area (Å²) in [7, 11) is 0. The number of hydrogen-bond acceptors (Lipinski definition) is 6. The number of halogens is 1. The van der Waals surface area contributed by atoms with Gasteiger partial charge in [-0.2, -0.15) is 0 Å². The van der Waals surface area contributed by atoms with Gasteiger partial charge in [-0.1, -0.05) is 17.7 Å². The SMILES string of the molecule is NC(=O)c1nc(-c2ccc([N+](=O)[O-])cc2)nc2c1[nH]c(=O)n2-c1cccc(Cl)c1. The lowest BCUT2D eigenvalue weighted by Crippen LogP contribution is -2.15. The maximum atomic E-state index is 12.6. The van der Waals surface area contributed by atoms with E-state index in [1.165, 1.54) is 28.8 Å². The lowest BCUT2D eigenvalue weighted by atomic mass is 10.2. The van der Waals surface area contributed by atoms with Gasteiger partial charge >= 0.3 is 5.69 Å². The second-order valence-electron chi connectivity index (χ2n) is 6.01. The molecule has 10 nitrogen and oxygen atoms in total. The number of nitrogens with two attached hydrogens (primary N) is 1. The van der Waals surface area contributed by atoms with Crippen molar-refractivity contribution < 1.29 is 9.72 Å². The Labute approximate surface area is 166 Å². The highest BCUT2D eigenvalue weighted by Gasteiger charge is 2.20. The third-order valence-corrected chi connectivity index (χ3v) is 4.41. The molecular weight excluding hydrogens is 400 g/mol. The summed E-state index contributed by atoms with van der Waals surface area (Å²) in [4.78, 5) is 45.9. The largest absolute Gasteiger partial charge is 0.364 e. The predicted octanol–water partition coefficient (Wildman–Crippen LogP) is 2.44. The van der Waals surface area contributed by atoms with Crippen molar-refractivity contribution in [2.75, 3.05) is 0 Å². The Morgan fingerprint density at radius 2 is 1.90 bits per heavy atom. The molecule has 0 fully saturated rings. The smallest absolute Gasteiger partial charge is 0.332 e. The van der Waals surface area contributed by atoms with E-state index < -0.39 is 16.5 Å². The van der Waals surface area contributed by atoms with E-state index in [0.29, 0.717) is 16.3 Å². The van der Waals surface area contributed by atoms with Crippen molar-refractivity contribution in [2.24, 2.45) is 5.73 Å². The zero-order valence-corrected chi connectivity index (χ0v) is 15.3. The number of aromatic amines is 1. The van der Waals surface area contributed by atoms with E-state index in [0.717, 1.165) is 0 Å². The lowest BCUT2D eigenvalue weighted by molar-refractivity contribution is -0.384. The number of nitro groups is 1. The van der Waals surface area contributed by atoms with Crippen molar-refractivity contribution in [2.45, 2.75) is 0 Å². The summed E-state index contributed by atoms with van der Waals surface area (Å²) in [5, 5.41) is 11.3. The predicted molar refractivity (Wildman–Crippen MR) is 105 cm³/mol. The molecule has 0 bridgehead atoms. The van der Waals surface area contributed by atoms with E-state index in [-0.39, 0.29) is 28.4 Å². The van der Waals surface area contributed by atoms with Crippen LogP contribution in [0.4, 0.5) is 5.69 Å². The Morgan fingerprint density at radius 1 is 1.17 bits per heavy atom. The summed E-state index contributed by atoms with van der Waals surface area (Å²) in [6.07, 6.45) is 0. The van der Waals surface area contributed by atoms with Crippen LogP contribution < -0.4 is 11.4 Å². The molecule has 2 aromatic carbocycles. The zero-order chi connectivity index (χ0) is 20.7. The zero-order valence-electron chi connectivity index (χ0n) is 14.5. The van der Waals surface area contributed by atoms with Gasteiger partial charge in [-0.25, -0.2) is 19.3 Å². The number of aromatic nitrogens is 4. The van der Waals surface area contributed by atoms with Gasteiger partial charge in [-0.15, -0.1) is 0 Å². The molecule has 144 valence electrons. The maximum Gasteiger partial charge on any atom is 0.332 e. The van der Waals surface area contributed by atoms with E-state index in [2.05, 4.69) is 15.0 Å². The molecule has 3 N–H and O–H groups in total. The molecule has 0 unspecified atom stereocenters. The molecule has 4 rings (SSSR count). The highest BCUT2D eigenvalue weighted by Crippen LogP contribution is 2.24. The Bertz CT molecular complexity index is 1340. The fraction of sp³-hybridized carbons (Fsp3) is 0. The number of non-ortho nitro benzene ring substituents is 1. The molecule has 0 aliphatic rings. The van der Waals surface area contributed by atoms with E-state index in [1.54, 1.807) is 24.3 Å². The Kier molecular flexibility index (Phi) is 4.32. The molecule has 0 aliphatic carbocycles. The standard InChI is InChI=1S/C18H11ClN6O4/c19-10-2-1-3-12(8-10)24-17-14(22-18(24)27)13(15(20)26)21-16(23-17)9-4-6-11(7-5-9)25(28)29/h1-8H,(H2,20,26)(H,22,27). The van der Waals surface area contributed by atoms with Crippen LogP contribution in [0.1, 0.15) is 10.5 Å². The number of nitro benzene ring substituents is 1. The van der Waals surface area contributed by atoms with Gasteiger partial charge in [0.05, 0.1) is 10.6 Å². The van der Waals surface area contributed by atoms with Gasteiger partial charge in [-0.05, 0) is 30.3 Å². The molecule has 0 saturated carbocycles. The van der Waals surface area contributed by atoms with E-state index in [9.17, 15) is 19.7 Å². The van der Waals surface area contributed by atoms with Crippen molar-refractivity contribution in [3.8, 4) is 17.1 Å². The topological polar surface area (TPSA) is 150 Å². The molecule has 0 radical (unpaired) electrons. The molecule has 11 heteroatoms. The number of carbonyl (C=O) groups is 1. The molecule has 1 amide bonds. The Hall–Kier alpha value is -4.05. The number of fused-ring (bicyclic) bond motifs is 1. The monoisotopic (exact) mass is 410 g/mol. The minimum absolute atomic E-state index is 0.0770. The summed E-state index contributed by atoms with van der Waals surface area (Å²) >= 11 is 6.03. The second kappa shape index (κ2) is 6.84. The molecule has 4 aromatic rings. The fourth-order valence-electron chi connectivity index (χ4n) is 2.88. The Morgan fingerprint density at radius 3 is 2.52 bits per heavy atom. The average Bonchev–Trinajstić information content (AvgIpc) is 3.02. The molecular formula is C18H11ClN6O4. The van der Waals surface area contributed by atoms with E-state index >= 15 is 0 Å². The first-order valence-electron chi connectivity index (χ1n) is 8.18. The Balaban J connectivity index is 2.00. The third kappa shape index (κ3) is 3.21. The first-order valence-corrected chi connectivity index (χ1v) is 8.56. The van der Waals surface area contributed by atoms with Crippen molar-refractivity contribution in [3.63, 3.8) is 0 Å². The van der Waals surface area contributed by atoms with Crippen molar-refractivity contribution in [1.29, 1.82) is 0 Å². The average molecular weight is 411 g/mol. The van der Waals surface area contributed by atoms with Gasteiger partial charge in [0, 0.05) is 22.7 Å². The van der Waals surface area contributed by atoms with Gasteiger partial charge in [0.2, 0.25) is 0 Å². The number of nitrogens with one attached hydrogen (secondary N) is 1. The highest BCUT2D eigenvalue weighted by molar-refractivity contribution is 6.30. The van der Waals surface area contributed by atoms with E-state index in [1.807, 2.05) is 0 Å². The second-order valence-corrected chi connectivity index (χ2v) is 6.44. The van der Waals surface area contributed by atoms with Crippen LogP contribution in [0.5, 0.6) is 0 Å². The molecule has 29 heavy (non-hydrogen) atoms. The van der Waals surface area contributed by atoms with Crippen LogP contribution in [0.3, 0.4) is 0 Å². The van der Waals surface area contributed by atoms with Crippen LogP contribution in [-0.2, 0) is 0 Å². The highest BCUT2D eigenvalue weighted by atomic mass is 35.5. The number of carbonyl (C=O) groups excluding carboxylic acids is 1. The molecule has 0 aliphatic heterocycles. The van der Waals surface area contributed by atoms with Gasteiger partial charge < -0.3 is 10.7 Å². The number of benzene rings is 2. The minimum Gasteiger partial charge on any atom is -0.364 e. The summed E-state index contributed by atoms with van der Waals surface area (Å²) in [5.74, 6) is -0.781. The first kappa shape index (κ1) is 18.3. The van der Waals surface area contributed by atoms with Crippen LogP contribution in [-0.4, -0.2) is 30.3 Å². The maximum absolute atomic E-state index is 12.6. The van der Waals surface area contributed by atoms with Crippen LogP contribution >= 0.6 is 11.6 Å². The number of imidazole rings is 1. The summed E-state index contributed by atoms with van der Waals surface area (Å²) in [6.45, 7) is 0. The van der Waals surface area contributed by atoms with Gasteiger partial charge in [-0.3, -0.25) is 14.9 Å². The molecule has 0 spiro atoms. The number of primary amides is 1. The number of nitrogens with zero attached hydrogens (tertiary/aromatic N) is 4. The van der Waals surface area contributed by atoms with Gasteiger partial charge in [0.15, 0.2) is 17.2 Å². The fourth-order valence-corrected chi connectivity index (χ4v) is 3.06. The van der Waals surface area contributed by atoms with Crippen LogP contribution in [0.25, 0.3) is 28.2 Å². The number of amides is 1. The third-order valence-electron chi connectivity index (χ3n) is 4.17. The molecule has 0 atom stereocenters. The van der Waals surface area contributed by atoms with E-state index in [4.69, 9.17) is 17.3 Å². The number of H-pyrrole nitrogens is 1. The van der Waals surface area contributed by atoms with Crippen LogP contribution in [0.2, 0.25) is 5.02 Å². The summed E-state index contributed by atoms with van der Waals surface area (Å²) < 4.78 is 1.24. The normalized spacial score (nSPS) is 10.9. The van der Waals surface area contributed by atoms with Gasteiger partial charge in [0.25, 0.3) is 11.6 Å². The van der Waals surface area contributed by atoms with Crippen molar-refractivity contribution in [3.05, 3.63) is 79.8 Å². The number of hydrogen-bond donors (Lipinski definition) is 2. The minimum atomic E-state index is -0.861. The molecule has 0 saturated heterocycles.